The lowest BCUT2D eigenvalue weighted by molar-refractivity contribution is -0.142. The van der Waals surface area contributed by atoms with Crippen molar-refractivity contribution in [3.05, 3.63) is 46.4 Å². The van der Waals surface area contributed by atoms with Crippen LogP contribution in [0.5, 0.6) is 0 Å². The SMILES string of the molecule is O=C(O)[C@H]1CN(C(=O)c2ccc(-c3ccco3)[nH]c2=O)C[C@@H]1C1CC1. The van der Waals surface area contributed by atoms with Gasteiger partial charge in [0, 0.05) is 13.1 Å². The summed E-state index contributed by atoms with van der Waals surface area (Å²) in [7, 11) is 0. The van der Waals surface area contributed by atoms with Gasteiger partial charge in [-0.3, -0.25) is 14.4 Å². The Labute approximate surface area is 143 Å². The molecule has 0 spiro atoms. The molecule has 2 aromatic heterocycles. The zero-order valence-corrected chi connectivity index (χ0v) is 13.5. The molecule has 2 aromatic rings. The third kappa shape index (κ3) is 2.86. The maximum atomic E-state index is 12.7. The number of aromatic amines is 1. The van der Waals surface area contributed by atoms with Gasteiger partial charge < -0.3 is 19.4 Å². The predicted octanol–water partition coefficient (Wildman–Crippen LogP) is 1.82. The minimum absolute atomic E-state index is 0.0112. The minimum atomic E-state index is -0.866. The van der Waals surface area contributed by atoms with E-state index in [1.807, 2.05) is 0 Å². The van der Waals surface area contributed by atoms with Crippen molar-refractivity contribution in [2.75, 3.05) is 13.1 Å². The van der Waals surface area contributed by atoms with Gasteiger partial charge in [-0.2, -0.15) is 0 Å². The normalized spacial score (nSPS) is 23.0. The number of carbonyl (C=O) groups is 2. The Morgan fingerprint density at radius 1 is 1.20 bits per heavy atom. The van der Waals surface area contributed by atoms with Crippen LogP contribution in [0.2, 0.25) is 0 Å². The summed E-state index contributed by atoms with van der Waals surface area (Å²) in [6, 6.07) is 6.52. The molecule has 3 heterocycles. The average molecular weight is 342 g/mol. The number of nitrogens with one attached hydrogen (secondary N) is 1. The summed E-state index contributed by atoms with van der Waals surface area (Å²) in [4.78, 5) is 40.7. The Bertz CT molecular complexity index is 866. The van der Waals surface area contributed by atoms with Crippen LogP contribution in [0.15, 0.2) is 39.7 Å². The molecule has 1 aliphatic heterocycles. The van der Waals surface area contributed by atoms with Crippen LogP contribution >= 0.6 is 0 Å². The van der Waals surface area contributed by atoms with Gasteiger partial charge in [0.05, 0.1) is 17.9 Å². The van der Waals surface area contributed by atoms with Gasteiger partial charge in [0.2, 0.25) is 0 Å². The monoisotopic (exact) mass is 342 g/mol. The first-order chi connectivity index (χ1) is 12.0. The van der Waals surface area contributed by atoms with Crippen molar-refractivity contribution in [1.29, 1.82) is 0 Å². The lowest BCUT2D eigenvalue weighted by Gasteiger charge is -2.16. The van der Waals surface area contributed by atoms with Crippen molar-refractivity contribution in [2.45, 2.75) is 12.8 Å². The van der Waals surface area contributed by atoms with Crippen LogP contribution in [-0.4, -0.2) is 40.0 Å². The van der Waals surface area contributed by atoms with Gasteiger partial charge in [-0.05, 0) is 48.9 Å². The Hall–Kier alpha value is -2.83. The topological polar surface area (TPSA) is 104 Å². The summed E-state index contributed by atoms with van der Waals surface area (Å²) in [5, 5.41) is 9.41. The second kappa shape index (κ2) is 5.91. The summed E-state index contributed by atoms with van der Waals surface area (Å²) in [6.45, 7) is 0.564. The van der Waals surface area contributed by atoms with Crippen molar-refractivity contribution in [2.24, 2.45) is 17.8 Å². The number of rotatable bonds is 4. The maximum absolute atomic E-state index is 12.7. The molecular formula is C18H18N2O5. The highest BCUT2D eigenvalue weighted by Crippen LogP contribution is 2.44. The number of hydrogen-bond donors (Lipinski definition) is 2. The van der Waals surface area contributed by atoms with E-state index in [-0.39, 0.29) is 18.0 Å². The van der Waals surface area contributed by atoms with Crippen molar-refractivity contribution in [3.8, 4) is 11.5 Å². The highest BCUT2D eigenvalue weighted by molar-refractivity contribution is 5.94. The van der Waals surface area contributed by atoms with Crippen LogP contribution in [0.25, 0.3) is 11.5 Å². The van der Waals surface area contributed by atoms with Gasteiger partial charge in [-0.15, -0.1) is 0 Å². The van der Waals surface area contributed by atoms with Gasteiger partial charge in [-0.1, -0.05) is 0 Å². The fourth-order valence-corrected chi connectivity index (χ4v) is 3.65. The molecule has 1 amide bonds. The van der Waals surface area contributed by atoms with Crippen LogP contribution in [0.1, 0.15) is 23.2 Å². The zero-order chi connectivity index (χ0) is 17.6. The second-order valence-corrected chi connectivity index (χ2v) is 6.75. The predicted molar refractivity (Wildman–Crippen MR) is 88.0 cm³/mol. The zero-order valence-electron chi connectivity index (χ0n) is 13.5. The van der Waals surface area contributed by atoms with E-state index in [2.05, 4.69) is 4.98 Å². The number of aliphatic carboxylic acids is 1. The number of pyridine rings is 1. The molecule has 0 radical (unpaired) electrons. The number of carboxylic acids is 1. The van der Waals surface area contributed by atoms with Crippen LogP contribution in [0.4, 0.5) is 0 Å². The van der Waals surface area contributed by atoms with E-state index in [1.165, 1.54) is 17.2 Å². The quantitative estimate of drug-likeness (QED) is 0.882. The van der Waals surface area contributed by atoms with Gasteiger partial charge in [0.1, 0.15) is 11.3 Å². The molecule has 2 fully saturated rings. The van der Waals surface area contributed by atoms with E-state index >= 15 is 0 Å². The third-order valence-corrected chi connectivity index (χ3v) is 5.12. The molecular weight excluding hydrogens is 324 g/mol. The van der Waals surface area contributed by atoms with Crippen LogP contribution in [0.3, 0.4) is 0 Å². The van der Waals surface area contributed by atoms with Crippen molar-refractivity contribution in [1.82, 2.24) is 9.88 Å². The highest BCUT2D eigenvalue weighted by atomic mass is 16.4. The van der Waals surface area contributed by atoms with Crippen molar-refractivity contribution in [3.63, 3.8) is 0 Å². The number of aromatic nitrogens is 1. The third-order valence-electron chi connectivity index (χ3n) is 5.12. The molecule has 130 valence electrons. The lowest BCUT2D eigenvalue weighted by atomic mass is 9.92. The van der Waals surface area contributed by atoms with E-state index in [4.69, 9.17) is 4.42 Å². The molecule has 0 aromatic carbocycles. The summed E-state index contributed by atoms with van der Waals surface area (Å²) in [6.07, 6.45) is 3.55. The molecule has 1 aliphatic carbocycles. The average Bonchev–Trinajstić information content (AvgIpc) is 3.12. The second-order valence-electron chi connectivity index (χ2n) is 6.75. The molecule has 2 aliphatic rings. The van der Waals surface area contributed by atoms with Gasteiger partial charge in [0.15, 0.2) is 0 Å². The van der Waals surface area contributed by atoms with Gasteiger partial charge in [-0.25, -0.2) is 0 Å². The molecule has 2 atom stereocenters. The molecule has 0 bridgehead atoms. The summed E-state index contributed by atoms with van der Waals surface area (Å²) >= 11 is 0. The highest BCUT2D eigenvalue weighted by Gasteiger charge is 2.47. The van der Waals surface area contributed by atoms with Crippen molar-refractivity contribution >= 4 is 11.9 Å². The van der Waals surface area contributed by atoms with Crippen molar-refractivity contribution < 1.29 is 19.1 Å². The maximum Gasteiger partial charge on any atom is 0.308 e. The Balaban J connectivity index is 1.57. The number of amides is 1. The molecule has 25 heavy (non-hydrogen) atoms. The number of H-pyrrole nitrogens is 1. The summed E-state index contributed by atoms with van der Waals surface area (Å²) in [5.41, 5.74) is 0.0174. The van der Waals surface area contributed by atoms with E-state index in [0.29, 0.717) is 23.9 Å². The fraction of sp³-hybridized carbons (Fsp3) is 0.389. The molecule has 1 saturated heterocycles. The van der Waals surface area contributed by atoms with Crippen LogP contribution in [-0.2, 0) is 4.79 Å². The van der Waals surface area contributed by atoms with E-state index in [1.54, 1.807) is 18.2 Å². The molecule has 1 saturated carbocycles. The summed E-state index contributed by atoms with van der Waals surface area (Å²) < 4.78 is 5.23. The Morgan fingerprint density at radius 2 is 2.00 bits per heavy atom. The largest absolute Gasteiger partial charge is 0.481 e. The number of likely N-dealkylation sites (tertiary alicyclic amines) is 1. The minimum Gasteiger partial charge on any atom is -0.481 e. The smallest absolute Gasteiger partial charge is 0.308 e. The number of hydrogen-bond acceptors (Lipinski definition) is 4. The summed E-state index contributed by atoms with van der Waals surface area (Å²) in [5.74, 6) is -0.938. The number of furan rings is 1. The van der Waals surface area contributed by atoms with Gasteiger partial charge in [0.25, 0.3) is 11.5 Å². The lowest BCUT2D eigenvalue weighted by Crippen LogP contribution is -2.34. The van der Waals surface area contributed by atoms with Crippen LogP contribution in [0, 0.1) is 17.8 Å². The Morgan fingerprint density at radius 3 is 2.60 bits per heavy atom. The molecule has 7 heteroatoms. The number of carboxylic acid groups (broad SMARTS) is 1. The number of nitrogens with zero attached hydrogens (tertiary/aromatic N) is 1. The first-order valence-corrected chi connectivity index (χ1v) is 8.34. The van der Waals surface area contributed by atoms with Gasteiger partial charge >= 0.3 is 5.97 Å². The standard InChI is InChI=1S/C18H18N2O5/c21-16-11(5-6-14(19-16)15-2-1-7-25-15)17(22)20-8-12(10-3-4-10)13(9-20)18(23)24/h1-2,5-7,10,12-13H,3-4,8-9H2,(H,19,21)(H,23,24)/t12-,13+/m1/s1. The number of carbonyl (C=O) groups excluding carboxylic acids is 1. The first-order valence-electron chi connectivity index (χ1n) is 8.34. The van der Waals surface area contributed by atoms with E-state index < -0.39 is 23.4 Å². The molecule has 2 N–H and O–H groups in total. The van der Waals surface area contributed by atoms with E-state index in [0.717, 1.165) is 12.8 Å². The van der Waals surface area contributed by atoms with Crippen LogP contribution < -0.4 is 5.56 Å². The fourth-order valence-electron chi connectivity index (χ4n) is 3.65. The molecule has 4 rings (SSSR count). The molecule has 0 unspecified atom stereocenters. The molecule has 7 nitrogen and oxygen atoms in total. The Kier molecular flexibility index (Phi) is 3.71. The first kappa shape index (κ1) is 15.7. The van der Waals surface area contributed by atoms with E-state index in [9.17, 15) is 19.5 Å².